The maximum Gasteiger partial charge on any atom is 0.432 e. The molecule has 2 nitrogen and oxygen atoms in total. The lowest BCUT2D eigenvalue weighted by atomic mass is 10.1. The highest BCUT2D eigenvalue weighted by atomic mass is 19.4. The number of alkyl halides is 3. The minimum atomic E-state index is -4.55. The van der Waals surface area contributed by atoms with E-state index in [4.69, 9.17) is 5.21 Å². The van der Waals surface area contributed by atoms with Gasteiger partial charge in [0.25, 0.3) is 0 Å². The van der Waals surface area contributed by atoms with Crippen LogP contribution in [0.2, 0.25) is 0 Å². The largest absolute Gasteiger partial charge is 0.432 e. The zero-order chi connectivity index (χ0) is 11.3. The van der Waals surface area contributed by atoms with Gasteiger partial charge in [-0.3, -0.25) is 0 Å². The first-order chi connectivity index (χ1) is 7.04. The third-order valence-electron chi connectivity index (χ3n) is 1.94. The van der Waals surface area contributed by atoms with Gasteiger partial charge in [0.1, 0.15) is 0 Å². The molecule has 0 amide bonds. The number of nitrogens with zero attached hydrogens (tertiary/aromatic N) is 1. The molecule has 0 fully saturated rings. The van der Waals surface area contributed by atoms with Gasteiger partial charge in [-0.1, -0.05) is 35.5 Å². The zero-order valence-electron chi connectivity index (χ0n) is 7.83. The highest BCUT2D eigenvalue weighted by Crippen LogP contribution is 2.20. The Hall–Kier alpha value is -1.52. The lowest BCUT2D eigenvalue weighted by molar-refractivity contribution is -0.0626. The molecule has 0 aliphatic heterocycles. The summed E-state index contributed by atoms with van der Waals surface area (Å²) in [7, 11) is 0. The van der Waals surface area contributed by atoms with Crippen molar-refractivity contribution in [3.05, 3.63) is 35.9 Å². The van der Waals surface area contributed by atoms with E-state index in [-0.39, 0.29) is 12.8 Å². The van der Waals surface area contributed by atoms with E-state index in [1.807, 2.05) is 0 Å². The molecule has 0 heterocycles. The molecule has 0 aromatic heterocycles. The van der Waals surface area contributed by atoms with Crippen LogP contribution in [0.15, 0.2) is 35.5 Å². The van der Waals surface area contributed by atoms with E-state index in [0.29, 0.717) is 0 Å². The maximum atomic E-state index is 12.1. The van der Waals surface area contributed by atoms with Crippen LogP contribution in [-0.4, -0.2) is 17.1 Å². The highest BCUT2D eigenvalue weighted by molar-refractivity contribution is 5.89. The molecule has 0 spiro atoms. The van der Waals surface area contributed by atoms with E-state index in [9.17, 15) is 13.2 Å². The average molecular weight is 217 g/mol. The molecular formula is C10H10F3NO. The molecule has 1 rings (SSSR count). The number of hydrogen-bond donors (Lipinski definition) is 1. The van der Waals surface area contributed by atoms with Crippen molar-refractivity contribution in [3.8, 4) is 0 Å². The van der Waals surface area contributed by atoms with Gasteiger partial charge in [0, 0.05) is 6.42 Å². The molecular weight excluding hydrogens is 207 g/mol. The molecule has 82 valence electrons. The summed E-state index contributed by atoms with van der Waals surface area (Å²) in [4.78, 5) is 0. The number of hydrogen-bond acceptors (Lipinski definition) is 2. The molecule has 0 radical (unpaired) electrons. The summed E-state index contributed by atoms with van der Waals surface area (Å²) < 4.78 is 36.4. The summed E-state index contributed by atoms with van der Waals surface area (Å²) in [6.07, 6.45) is -4.66. The van der Waals surface area contributed by atoms with E-state index in [1.165, 1.54) is 0 Å². The van der Waals surface area contributed by atoms with Gasteiger partial charge < -0.3 is 5.21 Å². The molecule has 0 bridgehead atoms. The van der Waals surface area contributed by atoms with Gasteiger partial charge in [0.2, 0.25) is 0 Å². The number of aryl methyl sites for hydroxylation is 1. The molecule has 0 saturated heterocycles. The first-order valence-corrected chi connectivity index (χ1v) is 4.36. The van der Waals surface area contributed by atoms with Crippen molar-refractivity contribution in [2.75, 3.05) is 0 Å². The predicted octanol–water partition coefficient (Wildman–Crippen LogP) is 3.01. The standard InChI is InChI=1S/C10H10F3NO/c11-10(12,13)9(14-15)7-6-8-4-2-1-3-5-8/h1-5,15H,6-7H2/b14-9-. The summed E-state index contributed by atoms with van der Waals surface area (Å²) in [5.74, 6) is 0. The minimum absolute atomic E-state index is 0.208. The minimum Gasteiger partial charge on any atom is -0.411 e. The molecule has 0 unspecified atom stereocenters. The Morgan fingerprint density at radius 3 is 2.27 bits per heavy atom. The number of rotatable bonds is 3. The van der Waals surface area contributed by atoms with Crippen molar-refractivity contribution in [1.82, 2.24) is 0 Å². The summed E-state index contributed by atoms with van der Waals surface area (Å²) >= 11 is 0. The van der Waals surface area contributed by atoms with Crippen molar-refractivity contribution in [1.29, 1.82) is 0 Å². The van der Waals surface area contributed by atoms with E-state index in [1.54, 1.807) is 30.3 Å². The maximum absolute atomic E-state index is 12.1. The van der Waals surface area contributed by atoms with Crippen molar-refractivity contribution in [3.63, 3.8) is 0 Å². The van der Waals surface area contributed by atoms with Crippen LogP contribution in [-0.2, 0) is 6.42 Å². The second-order valence-corrected chi connectivity index (χ2v) is 3.03. The summed E-state index contributed by atoms with van der Waals surface area (Å²) in [6.45, 7) is 0. The topological polar surface area (TPSA) is 32.6 Å². The Bertz CT molecular complexity index is 332. The zero-order valence-corrected chi connectivity index (χ0v) is 7.83. The molecule has 15 heavy (non-hydrogen) atoms. The quantitative estimate of drug-likeness (QED) is 0.471. The van der Waals surface area contributed by atoms with Crippen LogP contribution in [0.4, 0.5) is 13.2 Å². The van der Waals surface area contributed by atoms with Crippen LogP contribution in [0.25, 0.3) is 0 Å². The van der Waals surface area contributed by atoms with E-state index in [2.05, 4.69) is 5.16 Å². The summed E-state index contributed by atoms with van der Waals surface area (Å²) in [5, 5.41) is 10.5. The molecule has 1 aromatic rings. The average Bonchev–Trinajstić information content (AvgIpc) is 2.18. The van der Waals surface area contributed by atoms with E-state index < -0.39 is 11.9 Å². The predicted molar refractivity (Wildman–Crippen MR) is 50.0 cm³/mol. The molecule has 0 atom stereocenters. The SMILES string of the molecule is O/N=C(/CCc1ccccc1)C(F)(F)F. The number of benzene rings is 1. The Kier molecular flexibility index (Phi) is 3.71. The lowest BCUT2D eigenvalue weighted by Gasteiger charge is -2.07. The molecule has 5 heteroatoms. The van der Waals surface area contributed by atoms with E-state index in [0.717, 1.165) is 5.56 Å². The van der Waals surface area contributed by atoms with E-state index >= 15 is 0 Å². The van der Waals surface area contributed by atoms with Crippen LogP contribution in [0.3, 0.4) is 0 Å². The molecule has 1 aromatic carbocycles. The van der Waals surface area contributed by atoms with Crippen molar-refractivity contribution in [2.45, 2.75) is 19.0 Å². The highest BCUT2D eigenvalue weighted by Gasteiger charge is 2.35. The van der Waals surface area contributed by atoms with Crippen LogP contribution in [0.5, 0.6) is 0 Å². The van der Waals surface area contributed by atoms with Crippen LogP contribution >= 0.6 is 0 Å². The third kappa shape index (κ3) is 3.61. The van der Waals surface area contributed by atoms with Crippen molar-refractivity contribution in [2.24, 2.45) is 5.16 Å². The Balaban J connectivity index is 2.57. The fourth-order valence-electron chi connectivity index (χ4n) is 1.16. The second-order valence-electron chi connectivity index (χ2n) is 3.03. The Morgan fingerprint density at radius 1 is 1.20 bits per heavy atom. The smallest absolute Gasteiger partial charge is 0.411 e. The van der Waals surface area contributed by atoms with Crippen molar-refractivity contribution < 1.29 is 18.4 Å². The van der Waals surface area contributed by atoms with Crippen LogP contribution in [0, 0.1) is 0 Å². The second kappa shape index (κ2) is 4.82. The van der Waals surface area contributed by atoms with Gasteiger partial charge in [-0.05, 0) is 12.0 Å². The third-order valence-corrected chi connectivity index (χ3v) is 1.94. The van der Waals surface area contributed by atoms with Gasteiger partial charge in [-0.2, -0.15) is 13.2 Å². The monoisotopic (exact) mass is 217 g/mol. The fraction of sp³-hybridized carbons (Fsp3) is 0.300. The number of oxime groups is 1. The first kappa shape index (κ1) is 11.6. The molecule has 1 N–H and O–H groups in total. The normalized spacial score (nSPS) is 12.9. The Labute approximate surface area is 85.0 Å². The number of halogens is 3. The van der Waals surface area contributed by atoms with Gasteiger partial charge >= 0.3 is 6.18 Å². The van der Waals surface area contributed by atoms with Gasteiger partial charge in [-0.25, -0.2) is 0 Å². The van der Waals surface area contributed by atoms with Gasteiger partial charge in [0.05, 0.1) is 0 Å². The fourth-order valence-corrected chi connectivity index (χ4v) is 1.16. The summed E-state index contributed by atoms with van der Waals surface area (Å²) in [6, 6.07) is 8.74. The molecule has 0 aliphatic carbocycles. The van der Waals surface area contributed by atoms with Crippen LogP contribution in [0.1, 0.15) is 12.0 Å². The first-order valence-electron chi connectivity index (χ1n) is 4.36. The van der Waals surface area contributed by atoms with Crippen molar-refractivity contribution >= 4 is 5.71 Å². The molecule has 0 saturated carbocycles. The van der Waals surface area contributed by atoms with Crippen LogP contribution < -0.4 is 0 Å². The molecule has 0 aliphatic rings. The lowest BCUT2D eigenvalue weighted by Crippen LogP contribution is -2.23. The Morgan fingerprint density at radius 2 is 1.80 bits per heavy atom. The summed E-state index contributed by atoms with van der Waals surface area (Å²) in [5.41, 5.74) is -0.366. The van der Waals surface area contributed by atoms with Gasteiger partial charge in [0.15, 0.2) is 5.71 Å². The van der Waals surface area contributed by atoms with Gasteiger partial charge in [-0.15, -0.1) is 0 Å².